The standard InChI is InChI=1S/C18H14ClN5O2S/c1-25-14-8-4-11(5-9-14)16-20-18(24-22-16)27-10-15-21-23-17(26-15)12-2-6-13(19)7-3-12/h2-9H,10H2,1H3,(H,20,22,24). The minimum atomic E-state index is 0.455. The van der Waals surface area contributed by atoms with Crippen molar-refractivity contribution in [2.24, 2.45) is 0 Å². The van der Waals surface area contributed by atoms with Crippen LogP contribution in [0.4, 0.5) is 0 Å². The Balaban J connectivity index is 1.40. The van der Waals surface area contributed by atoms with Gasteiger partial charge in [0.25, 0.3) is 0 Å². The molecule has 0 aliphatic rings. The van der Waals surface area contributed by atoms with Gasteiger partial charge in [-0.2, -0.15) is 0 Å². The fraction of sp³-hybridized carbons (Fsp3) is 0.111. The first-order valence-corrected chi connectivity index (χ1v) is 9.35. The summed E-state index contributed by atoms with van der Waals surface area (Å²) in [6.07, 6.45) is 0. The van der Waals surface area contributed by atoms with Gasteiger partial charge in [0.2, 0.25) is 16.9 Å². The third kappa shape index (κ3) is 4.12. The molecule has 0 aliphatic heterocycles. The van der Waals surface area contributed by atoms with Crippen LogP contribution in [0.1, 0.15) is 5.89 Å². The highest BCUT2D eigenvalue weighted by atomic mass is 35.5. The summed E-state index contributed by atoms with van der Waals surface area (Å²) < 4.78 is 10.8. The number of nitrogens with zero attached hydrogens (tertiary/aromatic N) is 4. The Hall–Kier alpha value is -2.84. The number of H-pyrrole nitrogens is 1. The zero-order valence-electron chi connectivity index (χ0n) is 14.2. The average molecular weight is 400 g/mol. The van der Waals surface area contributed by atoms with Crippen molar-refractivity contribution in [1.29, 1.82) is 0 Å². The first-order valence-electron chi connectivity index (χ1n) is 7.99. The number of hydrogen-bond acceptors (Lipinski definition) is 7. The molecule has 0 atom stereocenters. The maximum atomic E-state index is 5.89. The van der Waals surface area contributed by atoms with E-state index in [0.717, 1.165) is 16.9 Å². The molecule has 7 nitrogen and oxygen atoms in total. The van der Waals surface area contributed by atoms with Crippen molar-refractivity contribution in [1.82, 2.24) is 25.4 Å². The molecule has 9 heteroatoms. The molecule has 0 unspecified atom stereocenters. The number of nitrogens with one attached hydrogen (secondary N) is 1. The molecule has 0 spiro atoms. The molecular formula is C18H14ClN5O2S. The molecule has 0 aliphatic carbocycles. The van der Waals surface area contributed by atoms with E-state index in [0.29, 0.717) is 33.5 Å². The summed E-state index contributed by atoms with van der Waals surface area (Å²) >= 11 is 7.30. The summed E-state index contributed by atoms with van der Waals surface area (Å²) in [5, 5.41) is 16.5. The van der Waals surface area contributed by atoms with Gasteiger partial charge in [-0.15, -0.1) is 15.3 Å². The molecule has 0 fully saturated rings. The largest absolute Gasteiger partial charge is 0.497 e. The Morgan fingerprint density at radius 3 is 2.52 bits per heavy atom. The highest BCUT2D eigenvalue weighted by molar-refractivity contribution is 7.98. The van der Waals surface area contributed by atoms with Crippen molar-refractivity contribution in [2.75, 3.05) is 7.11 Å². The topological polar surface area (TPSA) is 89.7 Å². The van der Waals surface area contributed by atoms with E-state index in [1.807, 2.05) is 36.4 Å². The lowest BCUT2D eigenvalue weighted by Crippen LogP contribution is -1.84. The van der Waals surface area contributed by atoms with Crippen molar-refractivity contribution in [3.63, 3.8) is 0 Å². The third-order valence-electron chi connectivity index (χ3n) is 3.71. The monoisotopic (exact) mass is 399 g/mol. The van der Waals surface area contributed by atoms with Gasteiger partial charge < -0.3 is 9.15 Å². The summed E-state index contributed by atoms with van der Waals surface area (Å²) in [5.74, 6) is 2.91. The molecule has 0 saturated carbocycles. The van der Waals surface area contributed by atoms with Gasteiger partial charge in [-0.05, 0) is 48.5 Å². The molecule has 0 radical (unpaired) electrons. The van der Waals surface area contributed by atoms with Crippen LogP contribution < -0.4 is 4.74 Å². The lowest BCUT2D eigenvalue weighted by Gasteiger charge is -1.99. The van der Waals surface area contributed by atoms with Gasteiger partial charge in [-0.25, -0.2) is 4.98 Å². The summed E-state index contributed by atoms with van der Waals surface area (Å²) in [6, 6.07) is 14.8. The molecule has 0 amide bonds. The van der Waals surface area contributed by atoms with E-state index >= 15 is 0 Å². The Bertz CT molecular complexity index is 1030. The Kier molecular flexibility index (Phi) is 5.08. The summed E-state index contributed by atoms with van der Waals surface area (Å²) in [4.78, 5) is 4.48. The zero-order valence-corrected chi connectivity index (χ0v) is 15.8. The van der Waals surface area contributed by atoms with Crippen LogP contribution in [0.2, 0.25) is 5.02 Å². The van der Waals surface area contributed by atoms with Crippen molar-refractivity contribution < 1.29 is 9.15 Å². The van der Waals surface area contributed by atoms with Crippen LogP contribution in [0.3, 0.4) is 0 Å². The molecule has 0 saturated heterocycles. The second kappa shape index (κ2) is 7.81. The number of aromatic nitrogens is 5. The van der Waals surface area contributed by atoms with E-state index < -0.39 is 0 Å². The number of aromatic amines is 1. The quantitative estimate of drug-likeness (QED) is 0.478. The number of halogens is 1. The molecule has 1 N–H and O–H groups in total. The maximum absolute atomic E-state index is 5.89. The van der Waals surface area contributed by atoms with Crippen LogP contribution in [0, 0.1) is 0 Å². The number of benzene rings is 2. The van der Waals surface area contributed by atoms with Gasteiger partial charge in [0.1, 0.15) is 5.75 Å². The number of thioether (sulfide) groups is 1. The fourth-order valence-electron chi connectivity index (χ4n) is 2.34. The second-order valence-corrected chi connectivity index (χ2v) is 6.87. The van der Waals surface area contributed by atoms with Gasteiger partial charge in [-0.3, -0.25) is 5.10 Å². The van der Waals surface area contributed by atoms with Crippen molar-refractivity contribution >= 4 is 23.4 Å². The average Bonchev–Trinajstić information content (AvgIpc) is 3.37. The first kappa shape index (κ1) is 17.6. The Morgan fingerprint density at radius 2 is 1.78 bits per heavy atom. The zero-order chi connectivity index (χ0) is 18.6. The van der Waals surface area contributed by atoms with E-state index in [9.17, 15) is 0 Å². The van der Waals surface area contributed by atoms with E-state index in [4.69, 9.17) is 20.8 Å². The molecule has 2 aromatic carbocycles. The minimum absolute atomic E-state index is 0.455. The van der Waals surface area contributed by atoms with Crippen LogP contribution in [0.25, 0.3) is 22.8 Å². The molecule has 4 rings (SSSR count). The van der Waals surface area contributed by atoms with Gasteiger partial charge in [0.15, 0.2) is 5.82 Å². The fourth-order valence-corrected chi connectivity index (χ4v) is 3.10. The van der Waals surface area contributed by atoms with Gasteiger partial charge in [0, 0.05) is 16.1 Å². The lowest BCUT2D eigenvalue weighted by molar-refractivity contribution is 0.415. The molecule has 4 aromatic rings. The number of hydrogen-bond donors (Lipinski definition) is 1. The van der Waals surface area contributed by atoms with Crippen LogP contribution in [0.15, 0.2) is 58.1 Å². The molecule has 0 bridgehead atoms. The molecule has 2 heterocycles. The Labute approximate surface area is 164 Å². The van der Waals surface area contributed by atoms with E-state index in [2.05, 4.69) is 25.4 Å². The van der Waals surface area contributed by atoms with Gasteiger partial charge >= 0.3 is 0 Å². The normalized spacial score (nSPS) is 10.9. The number of ether oxygens (including phenoxy) is 1. The smallest absolute Gasteiger partial charge is 0.247 e. The molecule has 2 aromatic heterocycles. The van der Waals surface area contributed by atoms with Gasteiger partial charge in [0.05, 0.1) is 12.9 Å². The molecule has 27 heavy (non-hydrogen) atoms. The van der Waals surface area contributed by atoms with Crippen LogP contribution in [0.5, 0.6) is 5.75 Å². The molecule has 136 valence electrons. The first-order chi connectivity index (χ1) is 13.2. The van der Waals surface area contributed by atoms with Crippen LogP contribution >= 0.6 is 23.4 Å². The van der Waals surface area contributed by atoms with E-state index in [1.54, 1.807) is 19.2 Å². The lowest BCUT2D eigenvalue weighted by atomic mass is 10.2. The third-order valence-corrected chi connectivity index (χ3v) is 4.80. The SMILES string of the molecule is COc1ccc(-c2nc(SCc3nnc(-c4ccc(Cl)cc4)o3)n[nH]2)cc1. The number of methoxy groups -OCH3 is 1. The number of rotatable bonds is 6. The van der Waals surface area contributed by atoms with E-state index in [1.165, 1.54) is 11.8 Å². The van der Waals surface area contributed by atoms with Crippen molar-refractivity contribution in [3.8, 4) is 28.6 Å². The van der Waals surface area contributed by atoms with Crippen molar-refractivity contribution in [2.45, 2.75) is 10.9 Å². The highest BCUT2D eigenvalue weighted by Crippen LogP contribution is 2.25. The summed E-state index contributed by atoms with van der Waals surface area (Å²) in [6.45, 7) is 0. The summed E-state index contributed by atoms with van der Waals surface area (Å²) in [7, 11) is 1.63. The predicted octanol–water partition coefficient (Wildman–Crippen LogP) is 4.48. The predicted molar refractivity (Wildman–Crippen MR) is 103 cm³/mol. The molecular weight excluding hydrogens is 386 g/mol. The second-order valence-electron chi connectivity index (χ2n) is 5.49. The van der Waals surface area contributed by atoms with Crippen LogP contribution in [-0.2, 0) is 5.75 Å². The van der Waals surface area contributed by atoms with Gasteiger partial charge in [-0.1, -0.05) is 23.4 Å². The highest BCUT2D eigenvalue weighted by Gasteiger charge is 2.11. The van der Waals surface area contributed by atoms with Crippen LogP contribution in [-0.4, -0.2) is 32.5 Å². The van der Waals surface area contributed by atoms with Crippen molar-refractivity contribution in [3.05, 3.63) is 59.4 Å². The maximum Gasteiger partial charge on any atom is 0.247 e. The van der Waals surface area contributed by atoms with E-state index in [-0.39, 0.29) is 0 Å². The minimum Gasteiger partial charge on any atom is -0.497 e. The Morgan fingerprint density at radius 1 is 1.04 bits per heavy atom. The summed E-state index contributed by atoms with van der Waals surface area (Å²) in [5.41, 5.74) is 1.75.